The van der Waals surface area contributed by atoms with Crippen LogP contribution in [0.25, 0.3) is 0 Å². The second kappa shape index (κ2) is 11.4. The lowest BCUT2D eigenvalue weighted by Gasteiger charge is -2.16. The molecule has 13 heavy (non-hydrogen) atoms. The third-order valence-electron chi connectivity index (χ3n) is 1.76. The van der Waals surface area contributed by atoms with Crippen molar-refractivity contribution in [3.05, 3.63) is 0 Å². The second-order valence-corrected chi connectivity index (χ2v) is 2.72. The van der Waals surface area contributed by atoms with Crippen LogP contribution in [0.5, 0.6) is 0 Å². The van der Waals surface area contributed by atoms with Crippen molar-refractivity contribution in [3.8, 4) is 0 Å². The van der Waals surface area contributed by atoms with E-state index in [1.165, 1.54) is 19.5 Å². The van der Waals surface area contributed by atoms with Gasteiger partial charge in [-0.05, 0) is 27.1 Å². The average molecular weight is 190 g/mol. The van der Waals surface area contributed by atoms with Crippen LogP contribution in [0.3, 0.4) is 0 Å². The molecule has 1 fully saturated rings. The van der Waals surface area contributed by atoms with Crippen LogP contribution in [0.2, 0.25) is 0 Å². The molecule has 0 unspecified atom stereocenters. The van der Waals surface area contributed by atoms with Gasteiger partial charge in [0, 0.05) is 12.6 Å². The van der Waals surface area contributed by atoms with Crippen molar-refractivity contribution in [2.45, 2.75) is 26.3 Å². The van der Waals surface area contributed by atoms with Crippen molar-refractivity contribution in [2.75, 3.05) is 27.2 Å². The molecule has 1 aliphatic rings. The molecule has 2 N–H and O–H groups in total. The fraction of sp³-hybridized carbons (Fsp3) is 0.889. The SMILES string of the molecule is CC.CN(C)[C@H]1CCNC1.O=CO. The van der Waals surface area contributed by atoms with Crippen LogP contribution in [0.4, 0.5) is 0 Å². The van der Waals surface area contributed by atoms with Gasteiger partial charge < -0.3 is 15.3 Å². The molecular formula is C9H22N2O2. The monoisotopic (exact) mass is 190 g/mol. The summed E-state index contributed by atoms with van der Waals surface area (Å²) < 4.78 is 0. The standard InChI is InChI=1S/C6H14N2.C2H6.CH2O2/c1-8(2)6-3-4-7-5-6;1-2;2-1-3/h6-7H,3-5H2,1-2H3;1-2H3;1H,(H,2,3)/t6-;;/m0../s1. The van der Waals surface area contributed by atoms with E-state index in [1.54, 1.807) is 0 Å². The minimum Gasteiger partial charge on any atom is -0.483 e. The topological polar surface area (TPSA) is 52.6 Å². The third-order valence-corrected chi connectivity index (χ3v) is 1.76. The molecule has 1 aliphatic heterocycles. The Kier molecular flexibility index (Phi) is 13.0. The largest absolute Gasteiger partial charge is 0.483 e. The highest BCUT2D eigenvalue weighted by Crippen LogP contribution is 2.01. The van der Waals surface area contributed by atoms with Gasteiger partial charge >= 0.3 is 0 Å². The molecule has 0 aliphatic carbocycles. The van der Waals surface area contributed by atoms with Gasteiger partial charge in [-0.1, -0.05) is 13.8 Å². The van der Waals surface area contributed by atoms with E-state index in [2.05, 4.69) is 24.3 Å². The van der Waals surface area contributed by atoms with Crippen LogP contribution in [0.15, 0.2) is 0 Å². The average Bonchev–Trinajstić information content (AvgIpc) is 2.61. The van der Waals surface area contributed by atoms with Crippen molar-refractivity contribution < 1.29 is 9.90 Å². The van der Waals surface area contributed by atoms with Crippen molar-refractivity contribution >= 4 is 6.47 Å². The summed E-state index contributed by atoms with van der Waals surface area (Å²) >= 11 is 0. The molecule has 0 aromatic rings. The number of carbonyl (C=O) groups is 1. The molecule has 80 valence electrons. The van der Waals surface area contributed by atoms with Gasteiger partial charge in [0.05, 0.1) is 0 Å². The number of hydrogen-bond acceptors (Lipinski definition) is 3. The van der Waals surface area contributed by atoms with Gasteiger partial charge in [0.1, 0.15) is 0 Å². The van der Waals surface area contributed by atoms with Gasteiger partial charge in [-0.3, -0.25) is 4.79 Å². The molecule has 0 bridgehead atoms. The lowest BCUT2D eigenvalue weighted by atomic mass is 10.2. The molecule has 0 spiro atoms. The van der Waals surface area contributed by atoms with Crippen LogP contribution in [-0.2, 0) is 4.79 Å². The number of hydrogen-bond donors (Lipinski definition) is 2. The zero-order chi connectivity index (χ0) is 10.7. The third kappa shape index (κ3) is 9.30. The smallest absolute Gasteiger partial charge is 0.290 e. The minimum absolute atomic E-state index is 0.250. The number of rotatable bonds is 1. The van der Waals surface area contributed by atoms with Crippen molar-refractivity contribution in [2.24, 2.45) is 0 Å². The zero-order valence-electron chi connectivity index (χ0n) is 9.08. The summed E-state index contributed by atoms with van der Waals surface area (Å²) in [6.07, 6.45) is 1.31. The van der Waals surface area contributed by atoms with Crippen LogP contribution >= 0.6 is 0 Å². The van der Waals surface area contributed by atoms with Crippen LogP contribution in [-0.4, -0.2) is 49.7 Å². The molecule has 1 heterocycles. The molecule has 4 nitrogen and oxygen atoms in total. The van der Waals surface area contributed by atoms with Gasteiger partial charge in [0.25, 0.3) is 6.47 Å². The maximum atomic E-state index is 8.36. The molecule has 0 amide bonds. The van der Waals surface area contributed by atoms with E-state index >= 15 is 0 Å². The van der Waals surface area contributed by atoms with Gasteiger partial charge in [-0.15, -0.1) is 0 Å². The van der Waals surface area contributed by atoms with Crippen LogP contribution in [0, 0.1) is 0 Å². The summed E-state index contributed by atoms with van der Waals surface area (Å²) in [7, 11) is 4.27. The molecular weight excluding hydrogens is 168 g/mol. The molecule has 0 radical (unpaired) electrons. The van der Waals surface area contributed by atoms with Gasteiger partial charge in [0.2, 0.25) is 0 Å². The van der Waals surface area contributed by atoms with Crippen molar-refractivity contribution in [3.63, 3.8) is 0 Å². The summed E-state index contributed by atoms with van der Waals surface area (Å²) in [5, 5.41) is 10.2. The Bertz CT molecular complexity index is 102. The molecule has 1 rings (SSSR count). The maximum absolute atomic E-state index is 8.36. The van der Waals surface area contributed by atoms with E-state index in [1.807, 2.05) is 13.8 Å². The Hall–Kier alpha value is -0.610. The van der Waals surface area contributed by atoms with Gasteiger partial charge in [0.15, 0.2) is 0 Å². The van der Waals surface area contributed by atoms with E-state index < -0.39 is 0 Å². The Morgan fingerprint density at radius 1 is 1.46 bits per heavy atom. The zero-order valence-corrected chi connectivity index (χ0v) is 9.08. The summed E-state index contributed by atoms with van der Waals surface area (Å²) in [6.45, 7) is 6.12. The first kappa shape index (κ1) is 14.9. The molecule has 0 saturated carbocycles. The molecule has 0 aromatic carbocycles. The Morgan fingerprint density at radius 3 is 2.08 bits per heavy atom. The number of nitrogens with zero attached hydrogens (tertiary/aromatic N) is 1. The summed E-state index contributed by atoms with van der Waals surface area (Å²) in [6, 6.07) is 0.787. The normalized spacial score (nSPS) is 19.6. The maximum Gasteiger partial charge on any atom is 0.290 e. The summed E-state index contributed by atoms with van der Waals surface area (Å²) in [5.41, 5.74) is 0. The van der Waals surface area contributed by atoms with E-state index in [0.29, 0.717) is 0 Å². The second-order valence-electron chi connectivity index (χ2n) is 2.72. The molecule has 1 saturated heterocycles. The lowest BCUT2D eigenvalue weighted by Crippen LogP contribution is -2.29. The number of nitrogens with one attached hydrogen (secondary N) is 1. The summed E-state index contributed by atoms with van der Waals surface area (Å²) in [4.78, 5) is 10.6. The number of likely N-dealkylation sites (N-methyl/N-ethyl adjacent to an activating group) is 1. The Labute approximate surface area is 80.9 Å². The predicted octanol–water partition coefficient (Wildman–Crippen LogP) is 0.637. The summed E-state index contributed by atoms with van der Waals surface area (Å²) in [5.74, 6) is 0. The highest BCUT2D eigenvalue weighted by atomic mass is 16.3. The van der Waals surface area contributed by atoms with Gasteiger partial charge in [-0.25, -0.2) is 0 Å². The fourth-order valence-electron chi connectivity index (χ4n) is 1.08. The highest BCUT2D eigenvalue weighted by molar-refractivity contribution is 5.32. The van der Waals surface area contributed by atoms with E-state index in [4.69, 9.17) is 9.90 Å². The lowest BCUT2D eigenvalue weighted by molar-refractivity contribution is -0.122. The molecule has 1 atom stereocenters. The van der Waals surface area contributed by atoms with E-state index in [9.17, 15) is 0 Å². The van der Waals surface area contributed by atoms with Crippen LogP contribution < -0.4 is 5.32 Å². The van der Waals surface area contributed by atoms with Crippen LogP contribution in [0.1, 0.15) is 20.3 Å². The van der Waals surface area contributed by atoms with E-state index in [0.717, 1.165) is 6.04 Å². The van der Waals surface area contributed by atoms with Gasteiger partial charge in [-0.2, -0.15) is 0 Å². The predicted molar refractivity (Wildman–Crippen MR) is 55.0 cm³/mol. The quantitative estimate of drug-likeness (QED) is 0.596. The number of carboxylic acid groups (broad SMARTS) is 1. The fourth-order valence-corrected chi connectivity index (χ4v) is 1.08. The Balaban J connectivity index is 0. The minimum atomic E-state index is -0.250. The Morgan fingerprint density at radius 2 is 1.92 bits per heavy atom. The first-order chi connectivity index (χ1) is 6.22. The van der Waals surface area contributed by atoms with Crippen molar-refractivity contribution in [1.29, 1.82) is 0 Å². The highest BCUT2D eigenvalue weighted by Gasteiger charge is 2.14. The van der Waals surface area contributed by atoms with E-state index in [-0.39, 0.29) is 6.47 Å². The first-order valence-corrected chi connectivity index (χ1v) is 4.67. The van der Waals surface area contributed by atoms with Crippen molar-refractivity contribution in [1.82, 2.24) is 10.2 Å². The molecule has 4 heteroatoms. The first-order valence-electron chi connectivity index (χ1n) is 4.67. The molecule has 0 aromatic heterocycles.